The summed E-state index contributed by atoms with van der Waals surface area (Å²) < 4.78 is 0. The Kier molecular flexibility index (Phi) is 2.73. The lowest BCUT2D eigenvalue weighted by Crippen LogP contribution is -2.32. The highest BCUT2D eigenvalue weighted by Gasteiger charge is 2.33. The molecule has 64 valence electrons. The Morgan fingerprint density at radius 1 is 0.818 bits per heavy atom. The average molecular weight is 188 g/mol. The van der Waals surface area contributed by atoms with Gasteiger partial charge in [0.15, 0.2) is 0 Å². The molecule has 0 unspecified atom stereocenters. The van der Waals surface area contributed by atoms with Crippen LogP contribution in [-0.4, -0.2) is 23.0 Å². The highest BCUT2D eigenvalue weighted by atomic mass is 32.2. The summed E-state index contributed by atoms with van der Waals surface area (Å²) in [4.78, 5) is 0. The lowest BCUT2D eigenvalue weighted by Gasteiger charge is -2.39. The Morgan fingerprint density at radius 2 is 1.36 bits per heavy atom. The van der Waals surface area contributed by atoms with Gasteiger partial charge in [0, 0.05) is 0 Å². The standard InChI is InChI=1S/C9H16S2/c1-3-9(7-10-5-1)4-2-6-11-8-9/h1-8H2. The predicted octanol–water partition coefficient (Wildman–Crippen LogP) is 3.03. The maximum absolute atomic E-state index is 2.19. The van der Waals surface area contributed by atoms with Gasteiger partial charge in [0.25, 0.3) is 0 Å². The predicted molar refractivity (Wildman–Crippen MR) is 55.6 cm³/mol. The van der Waals surface area contributed by atoms with Crippen molar-refractivity contribution >= 4 is 23.5 Å². The normalized spacial score (nSPS) is 30.5. The molecule has 0 N–H and O–H groups in total. The summed E-state index contributed by atoms with van der Waals surface area (Å²) in [6.07, 6.45) is 6.00. The van der Waals surface area contributed by atoms with Crippen molar-refractivity contribution < 1.29 is 0 Å². The molecular formula is C9H16S2. The van der Waals surface area contributed by atoms with Crippen LogP contribution in [0.3, 0.4) is 0 Å². The minimum atomic E-state index is 0.784. The van der Waals surface area contributed by atoms with Crippen molar-refractivity contribution in [2.45, 2.75) is 25.7 Å². The van der Waals surface area contributed by atoms with Crippen LogP contribution in [0.15, 0.2) is 0 Å². The van der Waals surface area contributed by atoms with Gasteiger partial charge in [-0.2, -0.15) is 23.5 Å². The van der Waals surface area contributed by atoms with Crippen LogP contribution in [0.1, 0.15) is 25.7 Å². The number of hydrogen-bond acceptors (Lipinski definition) is 2. The third-order valence-electron chi connectivity index (χ3n) is 2.81. The number of thioether (sulfide) groups is 2. The third-order valence-corrected chi connectivity index (χ3v) is 5.60. The summed E-state index contributed by atoms with van der Waals surface area (Å²) in [5, 5.41) is 0. The molecule has 2 rings (SSSR count). The summed E-state index contributed by atoms with van der Waals surface area (Å²) in [6.45, 7) is 0. The molecule has 2 heteroatoms. The molecule has 0 atom stereocenters. The van der Waals surface area contributed by atoms with Crippen LogP contribution in [0, 0.1) is 5.41 Å². The fourth-order valence-electron chi connectivity index (χ4n) is 2.13. The van der Waals surface area contributed by atoms with E-state index in [0.717, 1.165) is 5.41 Å². The fourth-order valence-corrected chi connectivity index (χ4v) is 4.89. The molecule has 0 aromatic rings. The molecule has 0 nitrogen and oxygen atoms in total. The van der Waals surface area contributed by atoms with Gasteiger partial charge in [-0.15, -0.1) is 0 Å². The molecule has 0 bridgehead atoms. The highest BCUT2D eigenvalue weighted by Crippen LogP contribution is 2.43. The fraction of sp³-hybridized carbons (Fsp3) is 1.00. The first-order chi connectivity index (χ1) is 5.41. The molecule has 0 saturated carbocycles. The zero-order valence-corrected chi connectivity index (χ0v) is 8.61. The van der Waals surface area contributed by atoms with Gasteiger partial charge < -0.3 is 0 Å². The summed E-state index contributed by atoms with van der Waals surface area (Å²) in [5.41, 5.74) is 0.784. The molecule has 2 aliphatic heterocycles. The molecule has 0 aliphatic carbocycles. The molecule has 1 spiro atoms. The van der Waals surface area contributed by atoms with Crippen molar-refractivity contribution in [2.24, 2.45) is 5.41 Å². The van der Waals surface area contributed by atoms with E-state index >= 15 is 0 Å². The summed E-state index contributed by atoms with van der Waals surface area (Å²) in [5.74, 6) is 5.76. The second-order valence-corrected chi connectivity index (χ2v) is 6.02. The van der Waals surface area contributed by atoms with E-state index in [4.69, 9.17) is 0 Å². The van der Waals surface area contributed by atoms with Crippen molar-refractivity contribution in [1.29, 1.82) is 0 Å². The highest BCUT2D eigenvalue weighted by molar-refractivity contribution is 8.00. The Bertz CT molecular complexity index is 102. The molecular weight excluding hydrogens is 172 g/mol. The largest absolute Gasteiger partial charge is 0.161 e. The van der Waals surface area contributed by atoms with E-state index < -0.39 is 0 Å². The lowest BCUT2D eigenvalue weighted by molar-refractivity contribution is 0.305. The summed E-state index contributed by atoms with van der Waals surface area (Å²) >= 11 is 4.37. The first-order valence-electron chi connectivity index (χ1n) is 4.57. The molecule has 2 heterocycles. The maximum atomic E-state index is 2.19. The van der Waals surface area contributed by atoms with E-state index in [1.807, 2.05) is 0 Å². The smallest absolute Gasteiger partial charge is 0.000289 e. The van der Waals surface area contributed by atoms with E-state index in [1.165, 1.54) is 48.7 Å². The van der Waals surface area contributed by atoms with Crippen LogP contribution >= 0.6 is 23.5 Å². The monoisotopic (exact) mass is 188 g/mol. The van der Waals surface area contributed by atoms with E-state index in [1.54, 1.807) is 0 Å². The Balaban J connectivity index is 1.94. The summed E-state index contributed by atoms with van der Waals surface area (Å²) in [6, 6.07) is 0. The van der Waals surface area contributed by atoms with Gasteiger partial charge in [0.2, 0.25) is 0 Å². The van der Waals surface area contributed by atoms with Crippen molar-refractivity contribution in [2.75, 3.05) is 23.0 Å². The SMILES string of the molecule is C1CSCC2(C1)CCCSC2. The minimum Gasteiger partial charge on any atom is -0.161 e. The molecule has 0 aromatic carbocycles. The van der Waals surface area contributed by atoms with Gasteiger partial charge in [-0.25, -0.2) is 0 Å². The van der Waals surface area contributed by atoms with E-state index in [2.05, 4.69) is 23.5 Å². The van der Waals surface area contributed by atoms with Crippen LogP contribution in [-0.2, 0) is 0 Å². The van der Waals surface area contributed by atoms with Crippen LogP contribution < -0.4 is 0 Å². The van der Waals surface area contributed by atoms with E-state index in [-0.39, 0.29) is 0 Å². The van der Waals surface area contributed by atoms with Crippen LogP contribution in [0.2, 0.25) is 0 Å². The van der Waals surface area contributed by atoms with Gasteiger partial charge in [-0.3, -0.25) is 0 Å². The maximum Gasteiger partial charge on any atom is -0.000289 e. The molecule has 0 amide bonds. The topological polar surface area (TPSA) is 0 Å². The first-order valence-corrected chi connectivity index (χ1v) is 6.88. The minimum absolute atomic E-state index is 0.784. The molecule has 0 aromatic heterocycles. The van der Waals surface area contributed by atoms with E-state index in [9.17, 15) is 0 Å². The van der Waals surface area contributed by atoms with Gasteiger partial charge in [0.05, 0.1) is 0 Å². The van der Waals surface area contributed by atoms with Crippen LogP contribution in [0.5, 0.6) is 0 Å². The third kappa shape index (κ3) is 1.89. The second kappa shape index (κ2) is 3.61. The quantitative estimate of drug-likeness (QED) is 0.573. The van der Waals surface area contributed by atoms with Crippen molar-refractivity contribution in [3.63, 3.8) is 0 Å². The molecule has 2 fully saturated rings. The van der Waals surface area contributed by atoms with Crippen LogP contribution in [0.4, 0.5) is 0 Å². The van der Waals surface area contributed by atoms with Crippen LogP contribution in [0.25, 0.3) is 0 Å². The lowest BCUT2D eigenvalue weighted by atomic mass is 9.82. The number of rotatable bonds is 0. The zero-order valence-electron chi connectivity index (χ0n) is 6.97. The first kappa shape index (κ1) is 8.31. The van der Waals surface area contributed by atoms with Gasteiger partial charge in [-0.05, 0) is 54.1 Å². The Labute approximate surface area is 77.9 Å². The van der Waals surface area contributed by atoms with Crippen molar-refractivity contribution in [1.82, 2.24) is 0 Å². The van der Waals surface area contributed by atoms with Gasteiger partial charge in [0.1, 0.15) is 0 Å². The van der Waals surface area contributed by atoms with Crippen molar-refractivity contribution in [3.05, 3.63) is 0 Å². The van der Waals surface area contributed by atoms with E-state index in [0.29, 0.717) is 0 Å². The Hall–Kier alpha value is 0.700. The van der Waals surface area contributed by atoms with Gasteiger partial charge in [-0.1, -0.05) is 0 Å². The molecule has 11 heavy (non-hydrogen) atoms. The van der Waals surface area contributed by atoms with Gasteiger partial charge >= 0.3 is 0 Å². The average Bonchev–Trinajstić information content (AvgIpc) is 2.07. The molecule has 2 saturated heterocycles. The zero-order chi connectivity index (χ0) is 7.57. The number of hydrogen-bond donors (Lipinski definition) is 0. The summed E-state index contributed by atoms with van der Waals surface area (Å²) in [7, 11) is 0. The molecule has 2 aliphatic rings. The van der Waals surface area contributed by atoms with Crippen molar-refractivity contribution in [3.8, 4) is 0 Å². The molecule has 0 radical (unpaired) electrons. The second-order valence-electron chi connectivity index (χ2n) is 3.81. The Morgan fingerprint density at radius 3 is 1.73 bits per heavy atom.